The van der Waals surface area contributed by atoms with Crippen LogP contribution in [0.1, 0.15) is 19.8 Å². The maximum atomic E-state index is 12.3. The number of aryl methyl sites for hydroxylation is 1. The van der Waals surface area contributed by atoms with Crippen LogP contribution < -0.4 is 0 Å². The molecular formula is C10H17N3O3S. The summed E-state index contributed by atoms with van der Waals surface area (Å²) in [4.78, 5) is 3.92. The third-order valence-electron chi connectivity index (χ3n) is 2.82. The molecule has 2 rings (SSSR count). The number of imidazole rings is 1. The molecule has 7 heteroatoms. The molecule has 6 nitrogen and oxygen atoms in total. The number of aliphatic hydroxyl groups excluding tert-OH is 1. The summed E-state index contributed by atoms with van der Waals surface area (Å²) < 4.78 is 27.6. The van der Waals surface area contributed by atoms with Crippen LogP contribution in [-0.4, -0.2) is 46.6 Å². The molecule has 0 spiro atoms. The molecule has 0 aliphatic heterocycles. The van der Waals surface area contributed by atoms with E-state index in [1.165, 1.54) is 16.8 Å². The van der Waals surface area contributed by atoms with Crippen molar-refractivity contribution < 1.29 is 13.5 Å². The van der Waals surface area contributed by atoms with Gasteiger partial charge in [0.15, 0.2) is 5.03 Å². The van der Waals surface area contributed by atoms with Gasteiger partial charge in [-0.3, -0.25) is 0 Å². The first-order valence-corrected chi connectivity index (χ1v) is 7.18. The summed E-state index contributed by atoms with van der Waals surface area (Å²) >= 11 is 0. The Morgan fingerprint density at radius 3 is 2.76 bits per heavy atom. The van der Waals surface area contributed by atoms with Crippen molar-refractivity contribution in [3.63, 3.8) is 0 Å². The van der Waals surface area contributed by atoms with Gasteiger partial charge in [-0.25, -0.2) is 13.4 Å². The summed E-state index contributed by atoms with van der Waals surface area (Å²) in [5.41, 5.74) is 0. The standard InChI is InChI=1S/C10H17N3O3S/c1-2-12-7-10(11-8-12)17(15,16)13(5-6-14)9-3-4-9/h7-9,14H,2-6H2,1H3. The number of hydrogen-bond acceptors (Lipinski definition) is 4. The van der Waals surface area contributed by atoms with Crippen LogP contribution in [0.2, 0.25) is 0 Å². The zero-order chi connectivity index (χ0) is 12.5. The number of rotatable bonds is 6. The zero-order valence-electron chi connectivity index (χ0n) is 9.78. The first-order chi connectivity index (χ1) is 8.09. The van der Waals surface area contributed by atoms with E-state index in [2.05, 4.69) is 4.98 Å². The highest BCUT2D eigenvalue weighted by Gasteiger charge is 2.38. The van der Waals surface area contributed by atoms with Crippen LogP contribution in [0, 0.1) is 0 Å². The highest BCUT2D eigenvalue weighted by atomic mass is 32.2. The van der Waals surface area contributed by atoms with Gasteiger partial charge in [-0.2, -0.15) is 4.31 Å². The lowest BCUT2D eigenvalue weighted by Gasteiger charge is -2.19. The third kappa shape index (κ3) is 2.51. The van der Waals surface area contributed by atoms with Crippen molar-refractivity contribution in [2.45, 2.75) is 37.4 Å². The van der Waals surface area contributed by atoms with Crippen molar-refractivity contribution in [1.82, 2.24) is 13.9 Å². The topological polar surface area (TPSA) is 75.4 Å². The minimum Gasteiger partial charge on any atom is -0.395 e. The van der Waals surface area contributed by atoms with E-state index < -0.39 is 10.0 Å². The normalized spacial score (nSPS) is 16.6. The molecule has 1 heterocycles. The van der Waals surface area contributed by atoms with Crippen molar-refractivity contribution in [2.75, 3.05) is 13.2 Å². The van der Waals surface area contributed by atoms with Gasteiger partial charge in [-0.1, -0.05) is 0 Å². The summed E-state index contributed by atoms with van der Waals surface area (Å²) in [6.45, 7) is 2.59. The molecule has 1 aromatic rings. The number of nitrogens with zero attached hydrogens (tertiary/aromatic N) is 3. The van der Waals surface area contributed by atoms with Crippen molar-refractivity contribution in [3.8, 4) is 0 Å². The molecule has 1 saturated carbocycles. The van der Waals surface area contributed by atoms with Crippen molar-refractivity contribution in [2.24, 2.45) is 0 Å². The number of sulfonamides is 1. The highest BCUT2D eigenvalue weighted by molar-refractivity contribution is 7.89. The molecule has 0 aromatic carbocycles. The van der Waals surface area contributed by atoms with Gasteiger partial charge < -0.3 is 9.67 Å². The monoisotopic (exact) mass is 259 g/mol. The predicted octanol–water partition coefficient (Wildman–Crippen LogP) is 0.0484. The van der Waals surface area contributed by atoms with Crippen molar-refractivity contribution >= 4 is 10.0 Å². The van der Waals surface area contributed by atoms with Crippen LogP contribution in [0.15, 0.2) is 17.6 Å². The second-order valence-electron chi connectivity index (χ2n) is 4.11. The Morgan fingerprint density at radius 2 is 2.29 bits per heavy atom. The van der Waals surface area contributed by atoms with E-state index in [9.17, 15) is 8.42 Å². The van der Waals surface area contributed by atoms with Crippen LogP contribution in [-0.2, 0) is 16.6 Å². The lowest BCUT2D eigenvalue weighted by molar-refractivity contribution is 0.250. The van der Waals surface area contributed by atoms with Crippen LogP contribution in [0.25, 0.3) is 0 Å². The molecule has 96 valence electrons. The zero-order valence-corrected chi connectivity index (χ0v) is 10.6. The van der Waals surface area contributed by atoms with Crippen molar-refractivity contribution in [1.29, 1.82) is 0 Å². The molecule has 0 radical (unpaired) electrons. The predicted molar refractivity (Wildman–Crippen MR) is 61.9 cm³/mol. The second-order valence-corrected chi connectivity index (χ2v) is 5.95. The van der Waals surface area contributed by atoms with Crippen LogP contribution in [0.3, 0.4) is 0 Å². The smallest absolute Gasteiger partial charge is 0.262 e. The maximum absolute atomic E-state index is 12.3. The van der Waals surface area contributed by atoms with Crippen molar-refractivity contribution in [3.05, 3.63) is 12.5 Å². The quantitative estimate of drug-likeness (QED) is 0.783. The van der Waals surface area contributed by atoms with E-state index in [0.717, 1.165) is 12.8 Å². The first kappa shape index (κ1) is 12.5. The van der Waals surface area contributed by atoms with E-state index in [-0.39, 0.29) is 24.2 Å². The third-order valence-corrected chi connectivity index (χ3v) is 4.66. The fourth-order valence-corrected chi connectivity index (χ4v) is 3.34. The molecular weight excluding hydrogens is 242 g/mol. The van der Waals surface area contributed by atoms with Crippen LogP contribution >= 0.6 is 0 Å². The molecule has 0 atom stereocenters. The molecule has 1 fully saturated rings. The van der Waals surface area contributed by atoms with Gasteiger partial charge in [0, 0.05) is 25.3 Å². The summed E-state index contributed by atoms with van der Waals surface area (Å²) in [6, 6.07) is 0.0407. The lowest BCUT2D eigenvalue weighted by Crippen LogP contribution is -2.35. The van der Waals surface area contributed by atoms with E-state index in [1.807, 2.05) is 6.92 Å². The van der Waals surface area contributed by atoms with Gasteiger partial charge >= 0.3 is 0 Å². The molecule has 0 saturated heterocycles. The Balaban J connectivity index is 2.26. The molecule has 17 heavy (non-hydrogen) atoms. The molecule has 1 N–H and O–H groups in total. The number of aliphatic hydroxyl groups is 1. The van der Waals surface area contributed by atoms with Gasteiger partial charge in [0.25, 0.3) is 10.0 Å². The lowest BCUT2D eigenvalue weighted by atomic mass is 10.6. The fourth-order valence-electron chi connectivity index (χ4n) is 1.73. The van der Waals surface area contributed by atoms with Gasteiger partial charge in [-0.15, -0.1) is 0 Å². The highest BCUT2D eigenvalue weighted by Crippen LogP contribution is 2.31. The maximum Gasteiger partial charge on any atom is 0.262 e. The van der Waals surface area contributed by atoms with Crippen LogP contribution in [0.5, 0.6) is 0 Å². The molecule has 0 bridgehead atoms. The summed E-state index contributed by atoms with van der Waals surface area (Å²) in [5, 5.41) is 9.01. The summed E-state index contributed by atoms with van der Waals surface area (Å²) in [7, 11) is -3.55. The molecule has 1 aromatic heterocycles. The Kier molecular flexibility index (Phi) is 3.50. The molecule has 1 aliphatic carbocycles. The Bertz CT molecular complexity index is 479. The molecule has 0 amide bonds. The first-order valence-electron chi connectivity index (χ1n) is 5.74. The van der Waals surface area contributed by atoms with Gasteiger partial charge in [-0.05, 0) is 19.8 Å². The van der Waals surface area contributed by atoms with Gasteiger partial charge in [0.1, 0.15) is 0 Å². The Hall–Kier alpha value is -0.920. The minimum atomic E-state index is -3.55. The SMILES string of the molecule is CCn1cnc(S(=O)(=O)N(CCO)C2CC2)c1. The van der Waals surface area contributed by atoms with E-state index in [0.29, 0.717) is 6.54 Å². The summed E-state index contributed by atoms with van der Waals surface area (Å²) in [5.74, 6) is 0. The number of hydrogen-bond donors (Lipinski definition) is 1. The van der Waals surface area contributed by atoms with Gasteiger partial charge in [0.2, 0.25) is 0 Å². The van der Waals surface area contributed by atoms with E-state index in [4.69, 9.17) is 5.11 Å². The Morgan fingerprint density at radius 1 is 1.59 bits per heavy atom. The van der Waals surface area contributed by atoms with E-state index >= 15 is 0 Å². The molecule has 1 aliphatic rings. The Labute approximate surface area is 101 Å². The number of aromatic nitrogens is 2. The second kappa shape index (κ2) is 4.75. The summed E-state index contributed by atoms with van der Waals surface area (Å²) in [6.07, 6.45) is 4.78. The fraction of sp³-hybridized carbons (Fsp3) is 0.700. The minimum absolute atomic E-state index is 0.0407. The average Bonchev–Trinajstić information content (AvgIpc) is 3.01. The largest absolute Gasteiger partial charge is 0.395 e. The molecule has 0 unspecified atom stereocenters. The average molecular weight is 259 g/mol. The van der Waals surface area contributed by atoms with Gasteiger partial charge in [0.05, 0.1) is 12.9 Å². The van der Waals surface area contributed by atoms with Crippen LogP contribution in [0.4, 0.5) is 0 Å². The van der Waals surface area contributed by atoms with E-state index in [1.54, 1.807) is 4.57 Å².